The molecule has 3 aromatic rings. The van der Waals surface area contributed by atoms with Gasteiger partial charge in [-0.1, -0.05) is 23.7 Å². The van der Waals surface area contributed by atoms with Gasteiger partial charge in [0, 0.05) is 61.3 Å². The number of ether oxygens (including phenoxy) is 4. The Labute approximate surface area is 260 Å². The third-order valence-electron chi connectivity index (χ3n) is 7.94. The van der Waals surface area contributed by atoms with E-state index in [1.807, 2.05) is 48.5 Å². The minimum Gasteiger partial charge on any atom is -0.497 e. The van der Waals surface area contributed by atoms with Crippen molar-refractivity contribution >= 4 is 46.6 Å². The van der Waals surface area contributed by atoms with E-state index in [1.165, 1.54) is 18.7 Å². The second-order valence-corrected chi connectivity index (χ2v) is 12.3. The standard InChI is InChI=1S/C32H34ClN3O6S/c1-21(37)42-30-31(22-4-8-25(39-2)9-5-22)43-29-18-23(33)6-10-26(29)36(32(30)38)13-3-12-34-14-16-35(17-15-34)24-7-11-27-28(19-24)41-20-40-27/h4-11,18-19,30-31H,3,12-17,20H2,1-2H3. The third-order valence-corrected chi connectivity index (χ3v) is 9.53. The summed E-state index contributed by atoms with van der Waals surface area (Å²) in [6.45, 7) is 6.58. The Morgan fingerprint density at radius 2 is 1.74 bits per heavy atom. The maximum Gasteiger partial charge on any atom is 0.303 e. The van der Waals surface area contributed by atoms with Gasteiger partial charge in [-0.3, -0.25) is 14.5 Å². The van der Waals surface area contributed by atoms with Crippen LogP contribution in [-0.2, 0) is 14.3 Å². The zero-order valence-electron chi connectivity index (χ0n) is 24.2. The number of hydrogen-bond donors (Lipinski definition) is 0. The van der Waals surface area contributed by atoms with Gasteiger partial charge in [-0.2, -0.15) is 0 Å². The number of nitrogens with zero attached hydrogens (tertiary/aromatic N) is 3. The molecule has 0 spiro atoms. The number of rotatable bonds is 8. The van der Waals surface area contributed by atoms with Crippen molar-refractivity contribution in [3.8, 4) is 17.2 Å². The molecule has 2 unspecified atom stereocenters. The Bertz CT molecular complexity index is 1480. The number of esters is 1. The largest absolute Gasteiger partial charge is 0.497 e. The number of benzene rings is 3. The molecule has 3 aliphatic heterocycles. The van der Waals surface area contributed by atoms with E-state index in [2.05, 4.69) is 15.9 Å². The monoisotopic (exact) mass is 623 g/mol. The molecule has 11 heteroatoms. The second kappa shape index (κ2) is 13.0. The van der Waals surface area contributed by atoms with Crippen molar-refractivity contribution in [1.82, 2.24) is 4.90 Å². The molecule has 1 saturated heterocycles. The number of hydrogen-bond acceptors (Lipinski definition) is 9. The van der Waals surface area contributed by atoms with Crippen LogP contribution in [0.15, 0.2) is 65.6 Å². The molecule has 0 saturated carbocycles. The number of carbonyl (C=O) groups is 2. The number of halogens is 1. The van der Waals surface area contributed by atoms with E-state index in [-0.39, 0.29) is 12.7 Å². The van der Waals surface area contributed by atoms with Crippen LogP contribution in [0.3, 0.4) is 0 Å². The predicted molar refractivity (Wildman–Crippen MR) is 167 cm³/mol. The highest BCUT2D eigenvalue weighted by molar-refractivity contribution is 7.99. The van der Waals surface area contributed by atoms with Gasteiger partial charge >= 0.3 is 5.97 Å². The number of thioether (sulfide) groups is 1. The molecule has 2 atom stereocenters. The highest BCUT2D eigenvalue weighted by Gasteiger charge is 2.41. The number of methoxy groups -OCH3 is 1. The summed E-state index contributed by atoms with van der Waals surface area (Å²) < 4.78 is 22.0. The van der Waals surface area contributed by atoms with Crippen LogP contribution in [-0.4, -0.2) is 76.1 Å². The summed E-state index contributed by atoms with van der Waals surface area (Å²) >= 11 is 7.90. The molecule has 1 fully saturated rings. The highest BCUT2D eigenvalue weighted by Crippen LogP contribution is 2.48. The maximum absolute atomic E-state index is 14.1. The van der Waals surface area contributed by atoms with Gasteiger partial charge in [0.1, 0.15) is 5.75 Å². The van der Waals surface area contributed by atoms with E-state index in [0.717, 1.165) is 72.5 Å². The van der Waals surface area contributed by atoms with Crippen molar-refractivity contribution in [1.29, 1.82) is 0 Å². The van der Waals surface area contributed by atoms with Crippen LogP contribution in [0.25, 0.3) is 0 Å². The van der Waals surface area contributed by atoms with Gasteiger partial charge in [0.25, 0.3) is 5.91 Å². The van der Waals surface area contributed by atoms with Gasteiger partial charge in [-0.25, -0.2) is 0 Å². The molecule has 0 N–H and O–H groups in total. The number of carbonyl (C=O) groups excluding carboxylic acids is 2. The Hall–Kier alpha value is -3.60. The van der Waals surface area contributed by atoms with Crippen LogP contribution in [0.5, 0.6) is 17.2 Å². The summed E-state index contributed by atoms with van der Waals surface area (Å²) in [7, 11) is 1.61. The lowest BCUT2D eigenvalue weighted by Gasteiger charge is -2.36. The molecule has 3 aliphatic rings. The van der Waals surface area contributed by atoms with Gasteiger partial charge in [0.05, 0.1) is 18.0 Å². The molecule has 0 bridgehead atoms. The highest BCUT2D eigenvalue weighted by atomic mass is 35.5. The molecule has 0 radical (unpaired) electrons. The molecule has 0 aliphatic carbocycles. The van der Waals surface area contributed by atoms with Crippen molar-refractivity contribution in [2.45, 2.75) is 29.6 Å². The van der Waals surface area contributed by atoms with Crippen LogP contribution < -0.4 is 24.0 Å². The summed E-state index contributed by atoms with van der Waals surface area (Å²) in [6.07, 6.45) is -0.227. The first-order chi connectivity index (χ1) is 20.9. The summed E-state index contributed by atoms with van der Waals surface area (Å²) in [5, 5.41) is 0.132. The van der Waals surface area contributed by atoms with Crippen molar-refractivity contribution in [3.05, 3.63) is 71.2 Å². The molecule has 43 heavy (non-hydrogen) atoms. The molecule has 6 rings (SSSR count). The maximum atomic E-state index is 14.1. The van der Waals surface area contributed by atoms with Gasteiger partial charge in [-0.05, 0) is 61.0 Å². The van der Waals surface area contributed by atoms with Crippen molar-refractivity contribution in [2.75, 3.05) is 63.0 Å². The fourth-order valence-corrected chi connectivity index (χ4v) is 7.32. The van der Waals surface area contributed by atoms with Crippen molar-refractivity contribution < 1.29 is 28.5 Å². The van der Waals surface area contributed by atoms with Gasteiger partial charge < -0.3 is 28.7 Å². The van der Waals surface area contributed by atoms with E-state index < -0.39 is 17.3 Å². The lowest BCUT2D eigenvalue weighted by atomic mass is 10.1. The van der Waals surface area contributed by atoms with Crippen molar-refractivity contribution in [2.24, 2.45) is 0 Å². The lowest BCUT2D eigenvalue weighted by Crippen LogP contribution is -2.47. The molecule has 0 aromatic heterocycles. The second-order valence-electron chi connectivity index (χ2n) is 10.7. The van der Waals surface area contributed by atoms with Gasteiger partial charge in [0.2, 0.25) is 6.79 Å². The number of anilines is 2. The normalized spacial score (nSPS) is 20.0. The van der Waals surface area contributed by atoms with E-state index in [1.54, 1.807) is 18.1 Å². The summed E-state index contributed by atoms with van der Waals surface area (Å²) in [5.41, 5.74) is 2.77. The van der Waals surface area contributed by atoms with Crippen LogP contribution in [0, 0.1) is 0 Å². The van der Waals surface area contributed by atoms with Crippen LogP contribution in [0.4, 0.5) is 11.4 Å². The molecule has 3 heterocycles. The van der Waals surface area contributed by atoms with Crippen LogP contribution >= 0.6 is 23.4 Å². The Kier molecular flexibility index (Phi) is 8.88. The Balaban J connectivity index is 1.15. The third kappa shape index (κ3) is 6.51. The SMILES string of the molecule is COc1ccc(C2Sc3cc(Cl)ccc3N(CCCN3CCN(c4ccc5c(c4)OCO5)CC3)C(=O)C2OC(C)=O)cc1. The Morgan fingerprint density at radius 3 is 2.49 bits per heavy atom. The zero-order valence-corrected chi connectivity index (χ0v) is 25.7. The van der Waals surface area contributed by atoms with Crippen molar-refractivity contribution in [3.63, 3.8) is 0 Å². The number of fused-ring (bicyclic) bond motifs is 2. The molecular formula is C32H34ClN3O6S. The minimum absolute atomic E-state index is 0.239. The van der Waals surface area contributed by atoms with E-state index >= 15 is 0 Å². The smallest absolute Gasteiger partial charge is 0.303 e. The summed E-state index contributed by atoms with van der Waals surface area (Å²) in [6, 6.07) is 19.2. The van der Waals surface area contributed by atoms with Crippen LogP contribution in [0.1, 0.15) is 24.2 Å². The number of amides is 1. The first-order valence-electron chi connectivity index (χ1n) is 14.4. The van der Waals surface area contributed by atoms with E-state index in [4.69, 9.17) is 30.5 Å². The average Bonchev–Trinajstić information content (AvgIpc) is 3.46. The summed E-state index contributed by atoms with van der Waals surface area (Å²) in [5.74, 6) is 1.56. The van der Waals surface area contributed by atoms with E-state index in [0.29, 0.717) is 17.3 Å². The van der Waals surface area contributed by atoms with Gasteiger partial charge in [0.15, 0.2) is 17.6 Å². The quantitative estimate of drug-likeness (QED) is 0.306. The Morgan fingerprint density at radius 1 is 0.977 bits per heavy atom. The molecule has 3 aromatic carbocycles. The molecular weight excluding hydrogens is 590 g/mol. The topological polar surface area (TPSA) is 80.8 Å². The molecule has 1 amide bonds. The minimum atomic E-state index is -0.993. The van der Waals surface area contributed by atoms with Gasteiger partial charge in [-0.15, -0.1) is 11.8 Å². The predicted octanol–water partition coefficient (Wildman–Crippen LogP) is 5.40. The fraction of sp³-hybridized carbons (Fsp3) is 0.375. The van der Waals surface area contributed by atoms with Crippen LogP contribution in [0.2, 0.25) is 5.02 Å². The molecule has 226 valence electrons. The summed E-state index contributed by atoms with van der Waals surface area (Å²) in [4.78, 5) is 33.8. The lowest BCUT2D eigenvalue weighted by molar-refractivity contribution is -0.152. The number of piperazine rings is 1. The average molecular weight is 624 g/mol. The van der Waals surface area contributed by atoms with E-state index in [9.17, 15) is 9.59 Å². The first-order valence-corrected chi connectivity index (χ1v) is 15.6. The fourth-order valence-electron chi connectivity index (χ4n) is 5.73. The molecule has 9 nitrogen and oxygen atoms in total. The zero-order chi connectivity index (χ0) is 29.9. The first kappa shape index (κ1) is 29.5.